The molecule has 4 heteroatoms. The van der Waals surface area contributed by atoms with Crippen molar-refractivity contribution in [3.63, 3.8) is 0 Å². The summed E-state index contributed by atoms with van der Waals surface area (Å²) in [5.41, 5.74) is 2.95. The number of hydrogen-bond donors (Lipinski definition) is 2. The number of halogens is 2. The third-order valence-corrected chi connectivity index (χ3v) is 2.58. The van der Waals surface area contributed by atoms with E-state index >= 15 is 0 Å². The standard InChI is InChI=1S/C12H18F2N2/c1-7(2)6-10(16-15)11-9(13)5-4-8(3)12(11)14/h4-5,7,10,16H,6,15H2,1-3H3. The summed E-state index contributed by atoms with van der Waals surface area (Å²) in [5.74, 6) is 4.60. The highest BCUT2D eigenvalue weighted by atomic mass is 19.1. The molecule has 0 aliphatic rings. The molecule has 0 amide bonds. The van der Waals surface area contributed by atoms with Gasteiger partial charge in [0.25, 0.3) is 0 Å². The highest BCUT2D eigenvalue weighted by molar-refractivity contribution is 5.29. The fraction of sp³-hybridized carbons (Fsp3) is 0.500. The quantitative estimate of drug-likeness (QED) is 0.614. The van der Waals surface area contributed by atoms with Gasteiger partial charge < -0.3 is 0 Å². The maximum atomic E-state index is 13.8. The van der Waals surface area contributed by atoms with Crippen molar-refractivity contribution in [2.75, 3.05) is 0 Å². The number of benzene rings is 1. The van der Waals surface area contributed by atoms with E-state index in [-0.39, 0.29) is 5.56 Å². The van der Waals surface area contributed by atoms with Crippen molar-refractivity contribution < 1.29 is 8.78 Å². The molecule has 3 N–H and O–H groups in total. The Morgan fingerprint density at radius 2 is 1.94 bits per heavy atom. The first-order valence-electron chi connectivity index (χ1n) is 5.38. The SMILES string of the molecule is Cc1ccc(F)c(C(CC(C)C)NN)c1F. The van der Waals surface area contributed by atoms with Gasteiger partial charge in [-0.25, -0.2) is 8.78 Å². The van der Waals surface area contributed by atoms with Crippen molar-refractivity contribution in [2.24, 2.45) is 11.8 Å². The molecule has 0 bridgehead atoms. The Balaban J connectivity index is 3.13. The summed E-state index contributed by atoms with van der Waals surface area (Å²) < 4.78 is 27.4. The Labute approximate surface area is 94.8 Å². The van der Waals surface area contributed by atoms with Gasteiger partial charge in [-0.05, 0) is 30.9 Å². The van der Waals surface area contributed by atoms with Crippen LogP contribution in [0.3, 0.4) is 0 Å². The van der Waals surface area contributed by atoms with E-state index in [0.29, 0.717) is 17.9 Å². The predicted molar refractivity (Wildman–Crippen MR) is 60.6 cm³/mol. The molecule has 0 radical (unpaired) electrons. The fourth-order valence-corrected chi connectivity index (χ4v) is 1.74. The topological polar surface area (TPSA) is 38.0 Å². The van der Waals surface area contributed by atoms with E-state index in [2.05, 4.69) is 5.43 Å². The molecule has 0 heterocycles. The van der Waals surface area contributed by atoms with Crippen molar-refractivity contribution >= 4 is 0 Å². The lowest BCUT2D eigenvalue weighted by Gasteiger charge is -2.20. The van der Waals surface area contributed by atoms with Gasteiger partial charge in [-0.3, -0.25) is 11.3 Å². The van der Waals surface area contributed by atoms with E-state index in [1.807, 2.05) is 13.8 Å². The van der Waals surface area contributed by atoms with Crippen LogP contribution in [-0.4, -0.2) is 0 Å². The minimum Gasteiger partial charge on any atom is -0.271 e. The lowest BCUT2D eigenvalue weighted by molar-refractivity contribution is 0.404. The molecule has 1 rings (SSSR count). The molecule has 0 saturated heterocycles. The van der Waals surface area contributed by atoms with Crippen molar-refractivity contribution in [3.05, 3.63) is 34.9 Å². The molecule has 0 fully saturated rings. The monoisotopic (exact) mass is 228 g/mol. The molecule has 1 aromatic carbocycles. The molecule has 1 aromatic rings. The zero-order valence-corrected chi connectivity index (χ0v) is 9.85. The molecule has 1 atom stereocenters. The molecule has 16 heavy (non-hydrogen) atoms. The average molecular weight is 228 g/mol. The zero-order valence-electron chi connectivity index (χ0n) is 9.85. The number of nitrogens with one attached hydrogen (secondary N) is 1. The van der Waals surface area contributed by atoms with E-state index in [1.165, 1.54) is 12.1 Å². The lowest BCUT2D eigenvalue weighted by atomic mass is 9.95. The van der Waals surface area contributed by atoms with Gasteiger partial charge in [0.2, 0.25) is 0 Å². The van der Waals surface area contributed by atoms with Crippen LogP contribution in [0, 0.1) is 24.5 Å². The number of nitrogens with two attached hydrogens (primary N) is 1. The minimum atomic E-state index is -0.549. The third kappa shape index (κ3) is 2.77. The van der Waals surface area contributed by atoms with Crippen molar-refractivity contribution in [2.45, 2.75) is 33.2 Å². The largest absolute Gasteiger partial charge is 0.271 e. The van der Waals surface area contributed by atoms with E-state index in [1.54, 1.807) is 6.92 Å². The molecular weight excluding hydrogens is 210 g/mol. The molecule has 0 aromatic heterocycles. The van der Waals surface area contributed by atoms with Crippen LogP contribution in [0.5, 0.6) is 0 Å². The lowest BCUT2D eigenvalue weighted by Crippen LogP contribution is -2.30. The Kier molecular flexibility index (Phi) is 4.38. The van der Waals surface area contributed by atoms with E-state index in [0.717, 1.165) is 0 Å². The van der Waals surface area contributed by atoms with Crippen LogP contribution in [0.1, 0.15) is 37.4 Å². The van der Waals surface area contributed by atoms with Crippen LogP contribution >= 0.6 is 0 Å². The second-order valence-corrected chi connectivity index (χ2v) is 4.44. The molecule has 2 nitrogen and oxygen atoms in total. The number of hydrogen-bond acceptors (Lipinski definition) is 2. The van der Waals surface area contributed by atoms with Gasteiger partial charge in [0.05, 0.1) is 6.04 Å². The van der Waals surface area contributed by atoms with Crippen molar-refractivity contribution in [3.8, 4) is 0 Å². The number of rotatable bonds is 4. The van der Waals surface area contributed by atoms with Gasteiger partial charge in [-0.2, -0.15) is 0 Å². The zero-order chi connectivity index (χ0) is 12.3. The van der Waals surface area contributed by atoms with Crippen LogP contribution in [0.4, 0.5) is 8.78 Å². The Hall–Kier alpha value is -1.00. The molecular formula is C12H18F2N2. The van der Waals surface area contributed by atoms with Crippen LogP contribution in [0.2, 0.25) is 0 Å². The van der Waals surface area contributed by atoms with Gasteiger partial charge >= 0.3 is 0 Å². The number of aryl methyl sites for hydroxylation is 1. The van der Waals surface area contributed by atoms with E-state index < -0.39 is 17.7 Å². The summed E-state index contributed by atoms with van der Waals surface area (Å²) in [5, 5.41) is 0. The first kappa shape index (κ1) is 13.1. The summed E-state index contributed by atoms with van der Waals surface area (Å²) >= 11 is 0. The summed E-state index contributed by atoms with van der Waals surface area (Å²) in [4.78, 5) is 0. The molecule has 0 spiro atoms. The molecule has 0 aliphatic carbocycles. The van der Waals surface area contributed by atoms with Crippen LogP contribution in [-0.2, 0) is 0 Å². The van der Waals surface area contributed by atoms with Crippen LogP contribution < -0.4 is 11.3 Å². The molecule has 90 valence electrons. The normalized spacial score (nSPS) is 13.2. The van der Waals surface area contributed by atoms with Gasteiger partial charge in [0.1, 0.15) is 11.6 Å². The Bertz CT molecular complexity index is 364. The van der Waals surface area contributed by atoms with Gasteiger partial charge in [-0.1, -0.05) is 19.9 Å². The van der Waals surface area contributed by atoms with Gasteiger partial charge in [0, 0.05) is 5.56 Å². The molecule has 0 saturated carbocycles. The van der Waals surface area contributed by atoms with Crippen molar-refractivity contribution in [1.29, 1.82) is 0 Å². The van der Waals surface area contributed by atoms with E-state index in [4.69, 9.17) is 5.84 Å². The van der Waals surface area contributed by atoms with Crippen molar-refractivity contribution in [1.82, 2.24) is 5.43 Å². The summed E-state index contributed by atoms with van der Waals surface area (Å²) in [6.45, 7) is 5.58. The first-order chi connectivity index (χ1) is 7.47. The van der Waals surface area contributed by atoms with Gasteiger partial charge in [-0.15, -0.1) is 0 Å². The summed E-state index contributed by atoms with van der Waals surface area (Å²) in [6.07, 6.45) is 0.591. The third-order valence-electron chi connectivity index (χ3n) is 2.58. The van der Waals surface area contributed by atoms with Crippen LogP contribution in [0.15, 0.2) is 12.1 Å². The summed E-state index contributed by atoms with van der Waals surface area (Å²) in [6, 6.07) is 2.22. The van der Waals surface area contributed by atoms with E-state index in [9.17, 15) is 8.78 Å². The Morgan fingerprint density at radius 1 is 1.31 bits per heavy atom. The fourth-order valence-electron chi connectivity index (χ4n) is 1.74. The number of hydrazine groups is 1. The molecule has 0 aliphatic heterocycles. The minimum absolute atomic E-state index is 0.0381. The highest BCUT2D eigenvalue weighted by Gasteiger charge is 2.21. The average Bonchev–Trinajstić information content (AvgIpc) is 2.22. The maximum Gasteiger partial charge on any atom is 0.133 e. The second kappa shape index (κ2) is 5.37. The predicted octanol–water partition coefficient (Wildman–Crippen LogP) is 2.82. The van der Waals surface area contributed by atoms with Crippen LogP contribution in [0.25, 0.3) is 0 Å². The smallest absolute Gasteiger partial charge is 0.133 e. The Morgan fingerprint density at radius 3 is 2.44 bits per heavy atom. The summed E-state index contributed by atoms with van der Waals surface area (Å²) in [7, 11) is 0. The van der Waals surface area contributed by atoms with Gasteiger partial charge in [0.15, 0.2) is 0 Å². The first-order valence-corrected chi connectivity index (χ1v) is 5.38. The second-order valence-electron chi connectivity index (χ2n) is 4.44. The molecule has 1 unspecified atom stereocenters. The maximum absolute atomic E-state index is 13.8. The highest BCUT2D eigenvalue weighted by Crippen LogP contribution is 2.27.